The SMILES string of the molecule is CC(C)(C)OC(=O)C1NCCc2cc(-c3ccc(Cl)cc3)ccc21. The third-order valence-electron chi connectivity index (χ3n) is 4.02. The summed E-state index contributed by atoms with van der Waals surface area (Å²) in [7, 11) is 0. The van der Waals surface area contributed by atoms with E-state index in [0.29, 0.717) is 0 Å². The molecule has 1 aliphatic heterocycles. The molecule has 1 atom stereocenters. The van der Waals surface area contributed by atoms with Gasteiger partial charge in [-0.15, -0.1) is 0 Å². The molecule has 24 heavy (non-hydrogen) atoms. The lowest BCUT2D eigenvalue weighted by atomic mass is 9.91. The van der Waals surface area contributed by atoms with Gasteiger partial charge in [-0.2, -0.15) is 0 Å². The average molecular weight is 344 g/mol. The molecule has 0 bridgehead atoms. The third kappa shape index (κ3) is 3.80. The molecule has 1 heterocycles. The first kappa shape index (κ1) is 17.0. The number of nitrogens with one attached hydrogen (secondary N) is 1. The molecule has 1 unspecified atom stereocenters. The smallest absolute Gasteiger partial charge is 0.328 e. The predicted octanol–water partition coefficient (Wildman–Crippen LogP) is 4.54. The number of hydrogen-bond donors (Lipinski definition) is 1. The molecule has 0 aromatic heterocycles. The molecular weight excluding hydrogens is 322 g/mol. The maximum Gasteiger partial charge on any atom is 0.328 e. The van der Waals surface area contributed by atoms with Crippen LogP contribution in [0.25, 0.3) is 11.1 Å². The van der Waals surface area contributed by atoms with Crippen LogP contribution in [0.4, 0.5) is 0 Å². The number of benzene rings is 2. The zero-order valence-electron chi connectivity index (χ0n) is 14.2. The number of esters is 1. The number of halogens is 1. The Hall–Kier alpha value is -1.84. The van der Waals surface area contributed by atoms with Crippen LogP contribution in [0.15, 0.2) is 42.5 Å². The molecule has 0 saturated heterocycles. The largest absolute Gasteiger partial charge is 0.459 e. The lowest BCUT2D eigenvalue weighted by Gasteiger charge is -2.29. The van der Waals surface area contributed by atoms with Crippen LogP contribution in [0, 0.1) is 0 Å². The fourth-order valence-electron chi connectivity index (χ4n) is 2.96. The van der Waals surface area contributed by atoms with E-state index >= 15 is 0 Å². The normalized spacial score (nSPS) is 17.2. The first-order valence-corrected chi connectivity index (χ1v) is 8.56. The van der Waals surface area contributed by atoms with Gasteiger partial charge in [-0.25, -0.2) is 4.79 Å². The van der Waals surface area contributed by atoms with Crippen LogP contribution in [0.1, 0.15) is 37.9 Å². The van der Waals surface area contributed by atoms with Crippen molar-refractivity contribution < 1.29 is 9.53 Å². The van der Waals surface area contributed by atoms with Gasteiger partial charge in [0, 0.05) is 11.6 Å². The van der Waals surface area contributed by atoms with Crippen molar-refractivity contribution in [2.24, 2.45) is 0 Å². The molecule has 3 nitrogen and oxygen atoms in total. The van der Waals surface area contributed by atoms with Gasteiger partial charge < -0.3 is 10.1 Å². The van der Waals surface area contributed by atoms with E-state index in [9.17, 15) is 4.79 Å². The summed E-state index contributed by atoms with van der Waals surface area (Å²) >= 11 is 5.96. The van der Waals surface area contributed by atoms with Crippen LogP contribution in [0.3, 0.4) is 0 Å². The van der Waals surface area contributed by atoms with Crippen molar-refractivity contribution in [3.63, 3.8) is 0 Å². The third-order valence-corrected chi connectivity index (χ3v) is 4.27. The summed E-state index contributed by atoms with van der Waals surface area (Å²) < 4.78 is 5.55. The van der Waals surface area contributed by atoms with E-state index in [1.165, 1.54) is 5.56 Å². The molecule has 0 spiro atoms. The molecule has 0 amide bonds. The Morgan fingerprint density at radius 2 is 1.79 bits per heavy atom. The van der Waals surface area contributed by atoms with Crippen molar-refractivity contribution in [3.05, 3.63) is 58.6 Å². The van der Waals surface area contributed by atoms with Crippen LogP contribution in [-0.2, 0) is 16.0 Å². The Bertz CT molecular complexity index is 747. The zero-order chi connectivity index (χ0) is 17.3. The zero-order valence-corrected chi connectivity index (χ0v) is 15.0. The Morgan fingerprint density at radius 1 is 1.12 bits per heavy atom. The van der Waals surface area contributed by atoms with Crippen molar-refractivity contribution >= 4 is 17.6 Å². The van der Waals surface area contributed by atoms with Crippen molar-refractivity contribution in [3.8, 4) is 11.1 Å². The van der Waals surface area contributed by atoms with Crippen molar-refractivity contribution in [2.45, 2.75) is 38.8 Å². The molecule has 3 rings (SSSR count). The molecular formula is C20H22ClNO2. The second-order valence-electron chi connectivity index (χ2n) is 7.09. The highest BCUT2D eigenvalue weighted by Gasteiger charge is 2.30. The number of ether oxygens (including phenoxy) is 1. The summed E-state index contributed by atoms with van der Waals surface area (Å²) in [5, 5.41) is 4.00. The molecule has 4 heteroatoms. The number of carbonyl (C=O) groups is 1. The molecule has 126 valence electrons. The van der Waals surface area contributed by atoms with E-state index in [4.69, 9.17) is 16.3 Å². The van der Waals surface area contributed by atoms with Gasteiger partial charge in [0.15, 0.2) is 0 Å². The van der Waals surface area contributed by atoms with E-state index in [1.807, 2.05) is 57.2 Å². The number of rotatable bonds is 2. The van der Waals surface area contributed by atoms with Crippen LogP contribution >= 0.6 is 11.6 Å². The lowest BCUT2D eigenvalue weighted by molar-refractivity contribution is -0.157. The monoisotopic (exact) mass is 343 g/mol. The second-order valence-corrected chi connectivity index (χ2v) is 7.53. The molecule has 0 saturated carbocycles. The molecule has 1 N–H and O–H groups in total. The molecule has 2 aromatic carbocycles. The van der Waals surface area contributed by atoms with E-state index in [-0.39, 0.29) is 5.97 Å². The van der Waals surface area contributed by atoms with E-state index < -0.39 is 11.6 Å². The van der Waals surface area contributed by atoms with Crippen molar-refractivity contribution in [1.82, 2.24) is 5.32 Å². The summed E-state index contributed by atoms with van der Waals surface area (Å²) in [6.45, 7) is 6.43. The van der Waals surface area contributed by atoms with Gasteiger partial charge >= 0.3 is 5.97 Å². The summed E-state index contributed by atoms with van der Waals surface area (Å²) in [6, 6.07) is 13.6. The summed E-state index contributed by atoms with van der Waals surface area (Å²) in [5.74, 6) is -0.220. The molecule has 0 radical (unpaired) electrons. The van der Waals surface area contributed by atoms with Crippen LogP contribution in [0.2, 0.25) is 5.02 Å². The van der Waals surface area contributed by atoms with Gasteiger partial charge in [0.05, 0.1) is 0 Å². The minimum absolute atomic E-state index is 0.220. The molecule has 0 aliphatic carbocycles. The fourth-order valence-corrected chi connectivity index (χ4v) is 3.08. The maximum atomic E-state index is 12.5. The van der Waals surface area contributed by atoms with Crippen LogP contribution in [0.5, 0.6) is 0 Å². The Balaban J connectivity index is 1.90. The molecule has 1 aliphatic rings. The predicted molar refractivity (Wildman–Crippen MR) is 97.2 cm³/mol. The van der Waals surface area contributed by atoms with Crippen LogP contribution < -0.4 is 5.32 Å². The Morgan fingerprint density at radius 3 is 2.46 bits per heavy atom. The highest BCUT2D eigenvalue weighted by Crippen LogP contribution is 2.30. The fraction of sp³-hybridized carbons (Fsp3) is 0.350. The van der Waals surface area contributed by atoms with Crippen molar-refractivity contribution in [1.29, 1.82) is 0 Å². The Kier molecular flexibility index (Phi) is 4.66. The molecule has 2 aromatic rings. The molecule has 0 fully saturated rings. The average Bonchev–Trinajstić information content (AvgIpc) is 2.53. The number of carbonyl (C=O) groups excluding carboxylic acids is 1. The number of hydrogen-bond acceptors (Lipinski definition) is 3. The Labute approximate surface area is 148 Å². The summed E-state index contributed by atoms with van der Waals surface area (Å²) in [5.41, 5.74) is 3.97. The number of fused-ring (bicyclic) bond motifs is 1. The van der Waals surface area contributed by atoms with Gasteiger partial charge in [-0.3, -0.25) is 0 Å². The second kappa shape index (κ2) is 6.58. The quantitative estimate of drug-likeness (QED) is 0.814. The highest BCUT2D eigenvalue weighted by atomic mass is 35.5. The van der Waals surface area contributed by atoms with E-state index in [0.717, 1.165) is 34.7 Å². The first-order chi connectivity index (χ1) is 11.3. The first-order valence-electron chi connectivity index (χ1n) is 8.18. The minimum Gasteiger partial charge on any atom is -0.459 e. The summed E-state index contributed by atoms with van der Waals surface area (Å²) in [6.07, 6.45) is 0.899. The summed E-state index contributed by atoms with van der Waals surface area (Å²) in [4.78, 5) is 12.5. The minimum atomic E-state index is -0.486. The van der Waals surface area contributed by atoms with Crippen LogP contribution in [-0.4, -0.2) is 18.1 Å². The van der Waals surface area contributed by atoms with E-state index in [2.05, 4.69) is 11.4 Å². The van der Waals surface area contributed by atoms with Gasteiger partial charge in [0.2, 0.25) is 0 Å². The van der Waals surface area contributed by atoms with Crippen molar-refractivity contribution in [2.75, 3.05) is 6.54 Å². The maximum absolute atomic E-state index is 12.5. The van der Waals surface area contributed by atoms with Gasteiger partial charge in [0.25, 0.3) is 0 Å². The van der Waals surface area contributed by atoms with E-state index in [1.54, 1.807) is 0 Å². The van der Waals surface area contributed by atoms with Gasteiger partial charge in [-0.1, -0.05) is 41.9 Å². The van der Waals surface area contributed by atoms with Gasteiger partial charge in [-0.05, 0) is 61.6 Å². The van der Waals surface area contributed by atoms with Gasteiger partial charge in [0.1, 0.15) is 11.6 Å². The highest BCUT2D eigenvalue weighted by molar-refractivity contribution is 6.30. The topological polar surface area (TPSA) is 38.3 Å². The lowest BCUT2D eigenvalue weighted by Crippen LogP contribution is -2.39. The standard InChI is InChI=1S/C20H22ClNO2/c1-20(2,3)24-19(23)18-17-9-6-14(12-15(17)10-11-22-18)13-4-7-16(21)8-5-13/h4-9,12,18,22H,10-11H2,1-3H3.